The van der Waals surface area contributed by atoms with Crippen molar-refractivity contribution in [1.82, 2.24) is 0 Å². The van der Waals surface area contributed by atoms with Crippen LogP contribution in [0, 0.1) is 0 Å². The summed E-state index contributed by atoms with van der Waals surface area (Å²) in [4.78, 5) is 0. The lowest BCUT2D eigenvalue weighted by atomic mass is 10.2. The molecule has 1 aliphatic rings. The van der Waals surface area contributed by atoms with Crippen molar-refractivity contribution in [3.63, 3.8) is 0 Å². The number of hydrogen-bond donors (Lipinski definition) is 0. The molecule has 0 aliphatic carbocycles. The number of rotatable bonds is 0. The Morgan fingerprint density at radius 2 is 1.31 bits per heavy atom. The first-order chi connectivity index (χ1) is 6.21. The zero-order valence-electron chi connectivity index (χ0n) is 7.10. The van der Waals surface area contributed by atoms with Crippen LogP contribution in [0.5, 0.6) is 0 Å². The summed E-state index contributed by atoms with van der Waals surface area (Å²) in [5.41, 5.74) is 0. The van der Waals surface area contributed by atoms with Crippen LogP contribution < -0.4 is 0 Å². The van der Waals surface area contributed by atoms with E-state index in [0.717, 1.165) is 49.8 Å². The Morgan fingerprint density at radius 1 is 0.846 bits per heavy atom. The Labute approximate surface area is 87.5 Å². The molecule has 0 saturated carbocycles. The lowest BCUT2D eigenvalue weighted by molar-refractivity contribution is 0.437. The minimum atomic E-state index is -3.77. The normalized spacial score (nSPS) is 26.2. The standard InChI is InChI=1S/C6H12O4S3/c7-13(8)9-11-5-3-1-2-4-6-12-10-13/h1-6H2. The van der Waals surface area contributed by atoms with E-state index in [0.29, 0.717) is 11.5 Å². The van der Waals surface area contributed by atoms with Crippen LogP contribution in [0.4, 0.5) is 0 Å². The molecule has 0 aromatic heterocycles. The van der Waals surface area contributed by atoms with Crippen molar-refractivity contribution in [2.75, 3.05) is 11.5 Å². The molecule has 78 valence electrons. The first-order valence-electron chi connectivity index (χ1n) is 4.08. The van der Waals surface area contributed by atoms with Crippen LogP contribution in [0.3, 0.4) is 0 Å². The van der Waals surface area contributed by atoms with Gasteiger partial charge in [-0.3, -0.25) is 0 Å². The predicted molar refractivity (Wildman–Crippen MR) is 54.5 cm³/mol. The van der Waals surface area contributed by atoms with Crippen molar-refractivity contribution >= 4 is 34.5 Å². The Balaban J connectivity index is 2.36. The summed E-state index contributed by atoms with van der Waals surface area (Å²) in [6, 6.07) is 0. The molecule has 1 aliphatic heterocycles. The van der Waals surface area contributed by atoms with Gasteiger partial charge >= 0.3 is 10.4 Å². The van der Waals surface area contributed by atoms with E-state index in [-0.39, 0.29) is 0 Å². The third-order valence-corrected chi connectivity index (χ3v) is 4.48. The summed E-state index contributed by atoms with van der Waals surface area (Å²) in [5.74, 6) is 1.40. The van der Waals surface area contributed by atoms with E-state index in [2.05, 4.69) is 7.26 Å². The van der Waals surface area contributed by atoms with Crippen molar-refractivity contribution in [1.29, 1.82) is 0 Å². The van der Waals surface area contributed by atoms with E-state index in [1.54, 1.807) is 0 Å². The van der Waals surface area contributed by atoms with Gasteiger partial charge in [-0.05, 0) is 12.8 Å². The molecule has 0 amide bonds. The third-order valence-electron chi connectivity index (χ3n) is 1.47. The summed E-state index contributed by atoms with van der Waals surface area (Å²) in [5, 5.41) is 0. The van der Waals surface area contributed by atoms with Gasteiger partial charge in [-0.25, -0.2) is 0 Å². The smallest absolute Gasteiger partial charge is 0.175 e. The van der Waals surface area contributed by atoms with Gasteiger partial charge in [0, 0.05) is 35.6 Å². The molecule has 0 spiro atoms. The Bertz CT molecular complexity index is 208. The minimum Gasteiger partial charge on any atom is -0.175 e. The highest BCUT2D eigenvalue weighted by Crippen LogP contribution is 2.20. The van der Waals surface area contributed by atoms with Gasteiger partial charge in [0.15, 0.2) is 0 Å². The van der Waals surface area contributed by atoms with E-state index in [1.165, 1.54) is 0 Å². The molecule has 0 aromatic carbocycles. The highest BCUT2D eigenvalue weighted by Gasteiger charge is 2.13. The van der Waals surface area contributed by atoms with Crippen molar-refractivity contribution < 1.29 is 15.7 Å². The van der Waals surface area contributed by atoms with Gasteiger partial charge in [-0.1, -0.05) is 12.8 Å². The van der Waals surface area contributed by atoms with Gasteiger partial charge in [-0.15, -0.1) is 0 Å². The topological polar surface area (TPSA) is 52.6 Å². The third kappa shape index (κ3) is 5.79. The molecule has 4 nitrogen and oxygen atoms in total. The van der Waals surface area contributed by atoms with Gasteiger partial charge in [0.25, 0.3) is 0 Å². The van der Waals surface area contributed by atoms with Crippen molar-refractivity contribution in [3.8, 4) is 0 Å². The van der Waals surface area contributed by atoms with Gasteiger partial charge in [0.2, 0.25) is 0 Å². The number of hydrogen-bond acceptors (Lipinski definition) is 6. The molecular formula is C6H12O4S3. The quantitative estimate of drug-likeness (QED) is 0.608. The second-order valence-electron chi connectivity index (χ2n) is 2.60. The molecular weight excluding hydrogens is 232 g/mol. The van der Waals surface area contributed by atoms with E-state index in [4.69, 9.17) is 0 Å². The minimum absolute atomic E-state index is 0.702. The van der Waals surface area contributed by atoms with Gasteiger partial charge in [0.1, 0.15) is 0 Å². The van der Waals surface area contributed by atoms with Gasteiger partial charge in [-0.2, -0.15) is 15.7 Å². The molecule has 0 unspecified atom stereocenters. The molecule has 1 heterocycles. The van der Waals surface area contributed by atoms with Crippen LogP contribution in [0.15, 0.2) is 0 Å². The summed E-state index contributed by atoms with van der Waals surface area (Å²) in [6.07, 6.45) is 4.23. The molecule has 0 aromatic rings. The molecule has 0 bridgehead atoms. The maximum atomic E-state index is 10.9. The fourth-order valence-corrected chi connectivity index (χ4v) is 3.30. The van der Waals surface area contributed by atoms with Crippen LogP contribution in [0.2, 0.25) is 0 Å². The maximum Gasteiger partial charge on any atom is 0.421 e. The molecule has 1 fully saturated rings. The summed E-state index contributed by atoms with van der Waals surface area (Å²) in [7, 11) is -3.77. The van der Waals surface area contributed by atoms with Crippen LogP contribution >= 0.6 is 24.1 Å². The van der Waals surface area contributed by atoms with E-state index >= 15 is 0 Å². The van der Waals surface area contributed by atoms with Crippen LogP contribution in [0.25, 0.3) is 0 Å². The second kappa shape index (κ2) is 6.13. The summed E-state index contributed by atoms with van der Waals surface area (Å²) < 4.78 is 30.8. The molecule has 7 heteroatoms. The average molecular weight is 244 g/mol. The maximum absolute atomic E-state index is 10.9. The van der Waals surface area contributed by atoms with Crippen LogP contribution in [0.1, 0.15) is 25.7 Å². The predicted octanol–water partition coefficient (Wildman–Crippen LogP) is 2.13. The molecule has 0 atom stereocenters. The summed E-state index contributed by atoms with van der Waals surface area (Å²) in [6.45, 7) is 0. The zero-order valence-corrected chi connectivity index (χ0v) is 9.55. The second-order valence-corrected chi connectivity index (χ2v) is 5.80. The first-order valence-corrected chi connectivity index (χ1v) is 7.23. The lowest BCUT2D eigenvalue weighted by Gasteiger charge is -2.00. The SMILES string of the molecule is O=S1(=O)OSCCCCCCSO1. The lowest BCUT2D eigenvalue weighted by Crippen LogP contribution is -2.01. The van der Waals surface area contributed by atoms with E-state index in [1.807, 2.05) is 0 Å². The molecule has 0 radical (unpaired) electrons. The van der Waals surface area contributed by atoms with Crippen molar-refractivity contribution in [3.05, 3.63) is 0 Å². The molecule has 0 N–H and O–H groups in total. The fraction of sp³-hybridized carbons (Fsp3) is 1.00. The van der Waals surface area contributed by atoms with Crippen LogP contribution in [-0.4, -0.2) is 19.9 Å². The van der Waals surface area contributed by atoms with Crippen molar-refractivity contribution in [2.45, 2.75) is 25.7 Å². The first kappa shape index (κ1) is 11.6. The highest BCUT2D eigenvalue weighted by atomic mass is 32.3. The van der Waals surface area contributed by atoms with E-state index in [9.17, 15) is 8.42 Å². The Kier molecular flexibility index (Phi) is 5.49. The highest BCUT2D eigenvalue weighted by molar-refractivity contribution is 8.08. The average Bonchev–Trinajstić information content (AvgIpc) is 2.10. The van der Waals surface area contributed by atoms with E-state index < -0.39 is 10.4 Å². The Morgan fingerprint density at radius 3 is 1.77 bits per heavy atom. The molecule has 1 rings (SSSR count). The molecule has 1 saturated heterocycles. The fourth-order valence-electron chi connectivity index (χ4n) is 0.873. The Hall–Kier alpha value is 0.570. The zero-order chi connectivity index (χ0) is 9.57. The monoisotopic (exact) mass is 244 g/mol. The van der Waals surface area contributed by atoms with Gasteiger partial charge in [0.05, 0.1) is 0 Å². The summed E-state index contributed by atoms with van der Waals surface area (Å²) >= 11 is 1.88. The van der Waals surface area contributed by atoms with Crippen molar-refractivity contribution in [2.24, 2.45) is 0 Å². The largest absolute Gasteiger partial charge is 0.421 e. The molecule has 13 heavy (non-hydrogen) atoms. The van der Waals surface area contributed by atoms with Crippen LogP contribution in [-0.2, 0) is 17.7 Å². The van der Waals surface area contributed by atoms with Gasteiger partial charge < -0.3 is 0 Å².